The number of aliphatic carboxylic acids is 1. The fraction of sp³-hybridized carbons (Fsp3) is 0.467. The van der Waals surface area contributed by atoms with Crippen LogP contribution < -0.4 is 5.32 Å². The van der Waals surface area contributed by atoms with Crippen LogP contribution >= 0.6 is 22.6 Å². The molecule has 0 aromatic heterocycles. The Kier molecular flexibility index (Phi) is 8.25. The van der Waals surface area contributed by atoms with E-state index in [-0.39, 0.29) is 12.3 Å². The van der Waals surface area contributed by atoms with Gasteiger partial charge in [-0.25, -0.2) is 0 Å². The Balaban J connectivity index is 2.07. The minimum absolute atomic E-state index is 0.0394. The number of halogens is 1. The first-order valence-corrected chi connectivity index (χ1v) is 7.89. The van der Waals surface area contributed by atoms with E-state index in [0.29, 0.717) is 19.4 Å². The number of amides is 1. The summed E-state index contributed by atoms with van der Waals surface area (Å²) < 4.78 is 1.13. The summed E-state index contributed by atoms with van der Waals surface area (Å²) in [5, 5.41) is 11.4. The molecule has 4 nitrogen and oxygen atoms in total. The average Bonchev–Trinajstić information content (AvgIpc) is 2.37. The van der Waals surface area contributed by atoms with E-state index in [9.17, 15) is 9.59 Å². The third kappa shape index (κ3) is 8.14. The largest absolute Gasteiger partial charge is 0.481 e. The monoisotopic (exact) mass is 389 g/mol. The van der Waals surface area contributed by atoms with Crippen LogP contribution in [0, 0.1) is 3.57 Å². The lowest BCUT2D eigenvalue weighted by Crippen LogP contribution is -2.26. The van der Waals surface area contributed by atoms with E-state index in [2.05, 4.69) is 27.9 Å². The second kappa shape index (κ2) is 9.74. The van der Waals surface area contributed by atoms with E-state index in [4.69, 9.17) is 5.11 Å². The van der Waals surface area contributed by atoms with Crippen LogP contribution in [0.1, 0.15) is 37.7 Å². The highest BCUT2D eigenvalue weighted by atomic mass is 127. The van der Waals surface area contributed by atoms with E-state index < -0.39 is 5.97 Å². The standard InChI is InChI=1S/C15H20INO3/c16-13-7-5-6-12(10-13)11-14(18)17-9-4-2-1-3-8-15(19)20/h5-7,10H,1-4,8-9,11H2,(H,17,18)(H,19,20). The highest BCUT2D eigenvalue weighted by Crippen LogP contribution is 2.08. The molecule has 0 saturated carbocycles. The van der Waals surface area contributed by atoms with Crippen LogP contribution in [0.2, 0.25) is 0 Å². The summed E-state index contributed by atoms with van der Waals surface area (Å²) in [7, 11) is 0. The van der Waals surface area contributed by atoms with Crippen molar-refractivity contribution in [3.8, 4) is 0 Å². The molecule has 0 radical (unpaired) electrons. The van der Waals surface area contributed by atoms with Crippen LogP contribution in [-0.4, -0.2) is 23.5 Å². The van der Waals surface area contributed by atoms with Gasteiger partial charge in [-0.15, -0.1) is 0 Å². The lowest BCUT2D eigenvalue weighted by Gasteiger charge is -2.05. The number of carbonyl (C=O) groups is 2. The first kappa shape index (κ1) is 16.9. The Morgan fingerprint density at radius 3 is 2.60 bits per heavy atom. The van der Waals surface area contributed by atoms with Gasteiger partial charge in [0.2, 0.25) is 5.91 Å². The number of nitrogens with one attached hydrogen (secondary N) is 1. The SMILES string of the molecule is O=C(O)CCCCCCNC(=O)Cc1cccc(I)c1. The van der Waals surface area contributed by atoms with Crippen molar-refractivity contribution in [1.29, 1.82) is 0 Å². The molecule has 2 N–H and O–H groups in total. The summed E-state index contributed by atoms with van der Waals surface area (Å²) in [5.74, 6) is -0.701. The molecule has 0 fully saturated rings. The molecular formula is C15H20INO3. The smallest absolute Gasteiger partial charge is 0.303 e. The van der Waals surface area contributed by atoms with Crippen molar-refractivity contribution in [3.63, 3.8) is 0 Å². The summed E-state index contributed by atoms with van der Waals surface area (Å²) in [6.45, 7) is 0.663. The van der Waals surface area contributed by atoms with Crippen LogP contribution in [0.25, 0.3) is 0 Å². The fourth-order valence-corrected chi connectivity index (χ4v) is 2.49. The molecule has 0 unspecified atom stereocenters. The zero-order valence-electron chi connectivity index (χ0n) is 11.4. The van der Waals surface area contributed by atoms with Crippen molar-refractivity contribution in [2.45, 2.75) is 38.5 Å². The minimum Gasteiger partial charge on any atom is -0.481 e. The number of hydrogen-bond donors (Lipinski definition) is 2. The van der Waals surface area contributed by atoms with Crippen LogP contribution in [0.15, 0.2) is 24.3 Å². The molecule has 1 aromatic carbocycles. The van der Waals surface area contributed by atoms with Gasteiger partial charge in [0.1, 0.15) is 0 Å². The van der Waals surface area contributed by atoms with Gasteiger partial charge in [0, 0.05) is 16.5 Å². The van der Waals surface area contributed by atoms with Gasteiger partial charge in [-0.2, -0.15) is 0 Å². The molecule has 1 aromatic rings. The van der Waals surface area contributed by atoms with Crippen molar-refractivity contribution in [2.24, 2.45) is 0 Å². The zero-order chi connectivity index (χ0) is 14.8. The molecule has 0 spiro atoms. The zero-order valence-corrected chi connectivity index (χ0v) is 13.6. The van der Waals surface area contributed by atoms with Gasteiger partial charge in [-0.05, 0) is 53.1 Å². The number of unbranched alkanes of at least 4 members (excludes halogenated alkanes) is 3. The molecule has 0 aliphatic rings. The predicted molar refractivity (Wildman–Crippen MR) is 86.6 cm³/mol. The predicted octanol–water partition coefficient (Wildman–Crippen LogP) is 2.99. The molecular weight excluding hydrogens is 369 g/mol. The second-order valence-corrected chi connectivity index (χ2v) is 5.96. The van der Waals surface area contributed by atoms with Crippen molar-refractivity contribution < 1.29 is 14.7 Å². The van der Waals surface area contributed by atoms with Crippen molar-refractivity contribution >= 4 is 34.5 Å². The quantitative estimate of drug-likeness (QED) is 0.504. The van der Waals surface area contributed by atoms with Gasteiger partial charge < -0.3 is 10.4 Å². The van der Waals surface area contributed by atoms with Crippen molar-refractivity contribution in [3.05, 3.63) is 33.4 Å². The van der Waals surface area contributed by atoms with E-state index in [1.165, 1.54) is 0 Å². The van der Waals surface area contributed by atoms with Crippen LogP contribution in [-0.2, 0) is 16.0 Å². The van der Waals surface area contributed by atoms with Gasteiger partial charge in [0.05, 0.1) is 6.42 Å². The van der Waals surface area contributed by atoms with Crippen molar-refractivity contribution in [2.75, 3.05) is 6.54 Å². The molecule has 1 amide bonds. The van der Waals surface area contributed by atoms with E-state index in [1.54, 1.807) is 0 Å². The van der Waals surface area contributed by atoms with E-state index in [0.717, 1.165) is 28.4 Å². The Hall–Kier alpha value is -1.11. The minimum atomic E-state index is -0.740. The number of rotatable bonds is 9. The maximum atomic E-state index is 11.7. The summed E-state index contributed by atoms with van der Waals surface area (Å²) >= 11 is 2.23. The summed E-state index contributed by atoms with van der Waals surface area (Å²) in [6, 6.07) is 7.91. The Bertz CT molecular complexity index is 448. The van der Waals surface area contributed by atoms with Crippen LogP contribution in [0.3, 0.4) is 0 Å². The first-order valence-electron chi connectivity index (χ1n) is 6.81. The van der Waals surface area contributed by atoms with Gasteiger partial charge >= 0.3 is 5.97 Å². The highest BCUT2D eigenvalue weighted by Gasteiger charge is 2.03. The number of hydrogen-bond acceptors (Lipinski definition) is 2. The summed E-state index contributed by atoms with van der Waals surface area (Å²) in [6.07, 6.45) is 4.12. The van der Waals surface area contributed by atoms with Gasteiger partial charge in [0.25, 0.3) is 0 Å². The number of carboxylic acid groups (broad SMARTS) is 1. The van der Waals surface area contributed by atoms with Crippen molar-refractivity contribution in [1.82, 2.24) is 5.32 Å². The third-order valence-corrected chi connectivity index (χ3v) is 3.56. The topological polar surface area (TPSA) is 66.4 Å². The van der Waals surface area contributed by atoms with Gasteiger partial charge in [-0.3, -0.25) is 9.59 Å². The molecule has 0 aliphatic carbocycles. The Labute approximate surface area is 133 Å². The average molecular weight is 389 g/mol. The molecule has 1 rings (SSSR count). The second-order valence-electron chi connectivity index (χ2n) is 4.71. The molecule has 5 heteroatoms. The Morgan fingerprint density at radius 2 is 1.90 bits per heavy atom. The maximum Gasteiger partial charge on any atom is 0.303 e. The lowest BCUT2D eigenvalue weighted by atomic mass is 10.1. The van der Waals surface area contributed by atoms with Gasteiger partial charge in [-0.1, -0.05) is 25.0 Å². The van der Waals surface area contributed by atoms with Crippen LogP contribution in [0.4, 0.5) is 0 Å². The molecule has 110 valence electrons. The molecule has 20 heavy (non-hydrogen) atoms. The number of benzene rings is 1. The maximum absolute atomic E-state index is 11.7. The third-order valence-electron chi connectivity index (χ3n) is 2.89. The molecule has 0 heterocycles. The number of carboxylic acids is 1. The lowest BCUT2D eigenvalue weighted by molar-refractivity contribution is -0.137. The molecule has 0 atom stereocenters. The molecule has 0 saturated heterocycles. The normalized spacial score (nSPS) is 10.2. The summed E-state index contributed by atoms with van der Waals surface area (Å²) in [5.41, 5.74) is 1.02. The fourth-order valence-electron chi connectivity index (χ4n) is 1.88. The van der Waals surface area contributed by atoms with Gasteiger partial charge in [0.15, 0.2) is 0 Å². The highest BCUT2D eigenvalue weighted by molar-refractivity contribution is 14.1. The number of carbonyl (C=O) groups excluding carboxylic acids is 1. The van der Waals surface area contributed by atoms with E-state index in [1.807, 2.05) is 24.3 Å². The molecule has 0 aliphatic heterocycles. The van der Waals surface area contributed by atoms with Crippen LogP contribution in [0.5, 0.6) is 0 Å². The first-order chi connectivity index (χ1) is 9.58. The summed E-state index contributed by atoms with van der Waals surface area (Å²) in [4.78, 5) is 22.0. The van der Waals surface area contributed by atoms with E-state index >= 15 is 0 Å². The molecule has 0 bridgehead atoms. The Morgan fingerprint density at radius 1 is 1.15 bits per heavy atom.